The number of hydrogen-bond donors (Lipinski definition) is 3. The third-order valence-electron chi connectivity index (χ3n) is 4.89. The lowest BCUT2D eigenvalue weighted by Crippen LogP contribution is -2.15. The van der Waals surface area contributed by atoms with E-state index < -0.39 is 0 Å². The van der Waals surface area contributed by atoms with Gasteiger partial charge in [-0.3, -0.25) is 0 Å². The van der Waals surface area contributed by atoms with Gasteiger partial charge in [0.15, 0.2) is 11.6 Å². The van der Waals surface area contributed by atoms with Gasteiger partial charge in [-0.2, -0.15) is 5.26 Å². The Balaban J connectivity index is 1.78. The van der Waals surface area contributed by atoms with Crippen LogP contribution in [0.1, 0.15) is 24.4 Å². The van der Waals surface area contributed by atoms with Gasteiger partial charge in [-0.1, -0.05) is 24.3 Å². The average Bonchev–Trinajstić information content (AvgIpc) is 3.08. The standard InChI is InChI=1S/C21H20N8/c1-12(27-20-17(23)19(24)25-11-26-20)21-28-16-8-4-7-15(18(16)29(21)2)14-6-3-5-13(9-14)10-22/h3-9,11-12H,23H2,1-2H3,(H3,24,25,26,27)/t12-/m0/s1. The van der Waals surface area contributed by atoms with Crippen molar-refractivity contribution in [2.24, 2.45) is 7.05 Å². The zero-order valence-corrected chi connectivity index (χ0v) is 16.1. The number of imidazole rings is 1. The number of hydrogen-bond acceptors (Lipinski definition) is 7. The van der Waals surface area contributed by atoms with E-state index in [1.165, 1.54) is 6.33 Å². The van der Waals surface area contributed by atoms with Crippen molar-refractivity contribution in [1.82, 2.24) is 19.5 Å². The molecule has 0 unspecified atom stereocenters. The number of nitrogens with one attached hydrogen (secondary N) is 1. The van der Waals surface area contributed by atoms with Crippen LogP contribution in [0.2, 0.25) is 0 Å². The molecule has 29 heavy (non-hydrogen) atoms. The number of nitrogen functional groups attached to an aromatic ring is 2. The van der Waals surface area contributed by atoms with E-state index in [9.17, 15) is 5.26 Å². The van der Waals surface area contributed by atoms with Crippen molar-refractivity contribution in [3.05, 3.63) is 60.2 Å². The molecule has 0 spiro atoms. The van der Waals surface area contributed by atoms with Gasteiger partial charge in [-0.05, 0) is 30.7 Å². The fourth-order valence-corrected chi connectivity index (χ4v) is 3.46. The van der Waals surface area contributed by atoms with E-state index >= 15 is 0 Å². The van der Waals surface area contributed by atoms with E-state index in [0.717, 1.165) is 28.0 Å². The van der Waals surface area contributed by atoms with Crippen LogP contribution in [0.5, 0.6) is 0 Å². The lowest BCUT2D eigenvalue weighted by molar-refractivity contribution is 0.731. The van der Waals surface area contributed by atoms with Crippen molar-refractivity contribution in [1.29, 1.82) is 5.26 Å². The molecule has 0 saturated heterocycles. The van der Waals surface area contributed by atoms with Gasteiger partial charge in [0.25, 0.3) is 0 Å². The minimum Gasteiger partial charge on any atom is -0.393 e. The number of nitrogens with two attached hydrogens (primary N) is 2. The first kappa shape index (κ1) is 18.3. The highest BCUT2D eigenvalue weighted by atomic mass is 15.1. The van der Waals surface area contributed by atoms with Crippen LogP contribution in [0, 0.1) is 11.3 Å². The number of anilines is 3. The molecule has 0 saturated carbocycles. The van der Waals surface area contributed by atoms with E-state index in [1.807, 2.05) is 54.9 Å². The molecule has 0 fully saturated rings. The SMILES string of the molecule is C[C@H](Nc1ncnc(N)c1N)c1nc2cccc(-c3cccc(C#N)c3)c2n1C. The summed E-state index contributed by atoms with van der Waals surface area (Å²) in [6.07, 6.45) is 1.37. The van der Waals surface area contributed by atoms with Crippen molar-refractivity contribution < 1.29 is 0 Å². The Morgan fingerprint density at radius 1 is 1.14 bits per heavy atom. The smallest absolute Gasteiger partial charge is 0.155 e. The highest BCUT2D eigenvalue weighted by Gasteiger charge is 2.19. The molecule has 1 atom stereocenters. The molecule has 8 heteroatoms. The van der Waals surface area contributed by atoms with E-state index in [2.05, 4.69) is 21.4 Å². The molecule has 0 bridgehead atoms. The molecule has 2 aromatic heterocycles. The second kappa shape index (κ2) is 7.13. The summed E-state index contributed by atoms with van der Waals surface area (Å²) >= 11 is 0. The summed E-state index contributed by atoms with van der Waals surface area (Å²) in [5, 5.41) is 12.5. The molecule has 0 aliphatic heterocycles. The van der Waals surface area contributed by atoms with E-state index in [0.29, 0.717) is 17.1 Å². The van der Waals surface area contributed by atoms with Crippen LogP contribution in [0.15, 0.2) is 48.8 Å². The van der Waals surface area contributed by atoms with E-state index in [1.54, 1.807) is 6.07 Å². The summed E-state index contributed by atoms with van der Waals surface area (Å²) in [5.74, 6) is 1.53. The maximum absolute atomic E-state index is 9.23. The molecule has 0 aliphatic rings. The van der Waals surface area contributed by atoms with Crippen LogP contribution in [0.25, 0.3) is 22.2 Å². The zero-order valence-electron chi connectivity index (χ0n) is 16.1. The van der Waals surface area contributed by atoms with Crippen LogP contribution in [0.3, 0.4) is 0 Å². The fraction of sp³-hybridized carbons (Fsp3) is 0.143. The first-order valence-electron chi connectivity index (χ1n) is 9.08. The van der Waals surface area contributed by atoms with E-state index in [4.69, 9.17) is 16.5 Å². The summed E-state index contributed by atoms with van der Waals surface area (Å²) < 4.78 is 2.04. The molecule has 2 aromatic carbocycles. The average molecular weight is 384 g/mol. The quantitative estimate of drug-likeness (QED) is 0.492. The monoisotopic (exact) mass is 384 g/mol. The van der Waals surface area contributed by atoms with Crippen molar-refractivity contribution in [2.75, 3.05) is 16.8 Å². The van der Waals surface area contributed by atoms with Gasteiger partial charge < -0.3 is 21.4 Å². The summed E-state index contributed by atoms with van der Waals surface area (Å²) in [6, 6.07) is 15.5. The number of benzene rings is 2. The molecule has 144 valence electrons. The highest BCUT2D eigenvalue weighted by Crippen LogP contribution is 2.32. The van der Waals surface area contributed by atoms with Crippen molar-refractivity contribution in [2.45, 2.75) is 13.0 Å². The summed E-state index contributed by atoms with van der Waals surface area (Å²) in [6.45, 7) is 1.98. The maximum atomic E-state index is 9.23. The second-order valence-electron chi connectivity index (χ2n) is 6.78. The first-order chi connectivity index (χ1) is 14.0. The van der Waals surface area contributed by atoms with Crippen molar-refractivity contribution in [3.63, 3.8) is 0 Å². The first-order valence-corrected chi connectivity index (χ1v) is 9.08. The van der Waals surface area contributed by atoms with Crippen molar-refractivity contribution >= 4 is 28.4 Å². The summed E-state index contributed by atoms with van der Waals surface area (Å²) in [4.78, 5) is 12.9. The third kappa shape index (κ3) is 3.19. The number of nitrogens with zero attached hydrogens (tertiary/aromatic N) is 5. The van der Waals surface area contributed by atoms with Gasteiger partial charge in [0.05, 0.1) is 28.7 Å². The number of rotatable bonds is 4. The van der Waals surface area contributed by atoms with Gasteiger partial charge >= 0.3 is 0 Å². The Bertz CT molecular complexity index is 1250. The molecular weight excluding hydrogens is 364 g/mol. The van der Waals surface area contributed by atoms with Crippen LogP contribution in [-0.4, -0.2) is 19.5 Å². The molecule has 0 amide bonds. The minimum absolute atomic E-state index is 0.178. The largest absolute Gasteiger partial charge is 0.393 e. The van der Waals surface area contributed by atoms with Crippen LogP contribution in [0.4, 0.5) is 17.3 Å². The minimum atomic E-state index is -0.178. The maximum Gasteiger partial charge on any atom is 0.155 e. The van der Waals surface area contributed by atoms with Crippen LogP contribution in [-0.2, 0) is 7.05 Å². The molecule has 8 nitrogen and oxygen atoms in total. The highest BCUT2D eigenvalue weighted by molar-refractivity contribution is 5.93. The number of nitriles is 1. The molecule has 4 aromatic rings. The van der Waals surface area contributed by atoms with E-state index in [-0.39, 0.29) is 11.9 Å². The molecule has 0 aliphatic carbocycles. The number of para-hydroxylation sites is 1. The number of aryl methyl sites for hydroxylation is 1. The normalized spacial score (nSPS) is 11.9. The zero-order chi connectivity index (χ0) is 20.5. The van der Waals surface area contributed by atoms with Gasteiger partial charge in [0.1, 0.15) is 17.8 Å². The lowest BCUT2D eigenvalue weighted by Gasteiger charge is -2.16. The van der Waals surface area contributed by atoms with Crippen LogP contribution >= 0.6 is 0 Å². The van der Waals surface area contributed by atoms with Gasteiger partial charge in [-0.25, -0.2) is 15.0 Å². The summed E-state index contributed by atoms with van der Waals surface area (Å²) in [7, 11) is 1.97. The molecule has 0 radical (unpaired) electrons. The Hall–Kier alpha value is -4.12. The van der Waals surface area contributed by atoms with Gasteiger partial charge in [-0.15, -0.1) is 0 Å². The number of fused-ring (bicyclic) bond motifs is 1. The van der Waals surface area contributed by atoms with Gasteiger partial charge in [0, 0.05) is 12.6 Å². The number of aromatic nitrogens is 4. The lowest BCUT2D eigenvalue weighted by atomic mass is 10.0. The Labute approximate surface area is 167 Å². The Morgan fingerprint density at radius 3 is 2.72 bits per heavy atom. The molecule has 2 heterocycles. The third-order valence-corrected chi connectivity index (χ3v) is 4.89. The topological polar surface area (TPSA) is 131 Å². The van der Waals surface area contributed by atoms with Crippen LogP contribution < -0.4 is 16.8 Å². The second-order valence-corrected chi connectivity index (χ2v) is 6.78. The Morgan fingerprint density at radius 2 is 1.93 bits per heavy atom. The predicted molar refractivity (Wildman–Crippen MR) is 114 cm³/mol. The Kier molecular flexibility index (Phi) is 4.49. The molecular formula is C21H20N8. The fourth-order valence-electron chi connectivity index (χ4n) is 3.46. The summed E-state index contributed by atoms with van der Waals surface area (Å²) in [5.41, 5.74) is 16.5. The van der Waals surface area contributed by atoms with Crippen molar-refractivity contribution in [3.8, 4) is 17.2 Å². The predicted octanol–water partition coefficient (Wildman–Crippen LogP) is 3.24. The molecule has 4 rings (SSSR count). The van der Waals surface area contributed by atoms with Gasteiger partial charge in [0.2, 0.25) is 0 Å². The molecule has 5 N–H and O–H groups in total.